The average molecular weight is 207 g/mol. The van der Waals surface area contributed by atoms with Gasteiger partial charge in [0.2, 0.25) is 0 Å². The van der Waals surface area contributed by atoms with Crippen LogP contribution in [-0.4, -0.2) is 30.3 Å². The summed E-state index contributed by atoms with van der Waals surface area (Å²) >= 11 is 0. The van der Waals surface area contributed by atoms with Crippen LogP contribution < -0.4 is 0 Å². The fourth-order valence-electron chi connectivity index (χ4n) is 2.82. The molecular formula is C13H21NO. The molecule has 0 radical (unpaired) electrons. The van der Waals surface area contributed by atoms with Gasteiger partial charge in [-0.05, 0) is 37.8 Å². The van der Waals surface area contributed by atoms with Crippen molar-refractivity contribution in [2.75, 3.05) is 13.1 Å². The van der Waals surface area contributed by atoms with Gasteiger partial charge in [-0.3, -0.25) is 4.90 Å². The second kappa shape index (κ2) is 4.09. The molecular weight excluding hydrogens is 186 g/mol. The molecule has 1 fully saturated rings. The Balaban J connectivity index is 2.13. The van der Waals surface area contributed by atoms with Gasteiger partial charge in [-0.25, -0.2) is 0 Å². The number of likely N-dealkylation sites (tertiary alicyclic amines) is 1. The van der Waals surface area contributed by atoms with Crippen molar-refractivity contribution in [3.63, 3.8) is 0 Å². The van der Waals surface area contributed by atoms with Crippen LogP contribution in [0.2, 0.25) is 0 Å². The summed E-state index contributed by atoms with van der Waals surface area (Å²) in [6.45, 7) is 6.87. The van der Waals surface area contributed by atoms with Gasteiger partial charge in [-0.15, -0.1) is 0 Å². The summed E-state index contributed by atoms with van der Waals surface area (Å²) in [5.41, 5.74) is 0.257. The quantitative estimate of drug-likeness (QED) is 0.511. The van der Waals surface area contributed by atoms with Gasteiger partial charge in [-0.1, -0.05) is 26.0 Å². The summed E-state index contributed by atoms with van der Waals surface area (Å²) in [7, 11) is 0. The molecule has 2 nitrogen and oxygen atoms in total. The standard InChI is InChI=1S/C13H21NO/c1-13(2)6-5-11(10-15)12(9-13)14-7-3-4-8-14/h5-6,10-12H,3-4,7-9H2,1-2H3. The Bertz CT molecular complexity index is 264. The fourth-order valence-corrected chi connectivity index (χ4v) is 2.82. The second-order valence-corrected chi connectivity index (χ2v) is 5.58. The summed E-state index contributed by atoms with van der Waals surface area (Å²) in [6.07, 6.45) is 9.15. The summed E-state index contributed by atoms with van der Waals surface area (Å²) < 4.78 is 0. The molecule has 0 amide bonds. The number of rotatable bonds is 2. The minimum absolute atomic E-state index is 0.121. The number of hydrogen-bond acceptors (Lipinski definition) is 2. The van der Waals surface area contributed by atoms with E-state index in [0.717, 1.165) is 12.7 Å². The van der Waals surface area contributed by atoms with Gasteiger partial charge >= 0.3 is 0 Å². The summed E-state index contributed by atoms with van der Waals surface area (Å²) in [5.74, 6) is 0.121. The van der Waals surface area contributed by atoms with Crippen molar-refractivity contribution in [3.05, 3.63) is 12.2 Å². The van der Waals surface area contributed by atoms with E-state index in [9.17, 15) is 4.79 Å². The van der Waals surface area contributed by atoms with E-state index < -0.39 is 0 Å². The smallest absolute Gasteiger partial charge is 0.128 e. The zero-order valence-electron chi connectivity index (χ0n) is 9.78. The van der Waals surface area contributed by atoms with E-state index in [1.165, 1.54) is 25.9 Å². The van der Waals surface area contributed by atoms with Crippen molar-refractivity contribution in [1.82, 2.24) is 4.90 Å². The molecule has 0 aromatic carbocycles. The van der Waals surface area contributed by atoms with Gasteiger partial charge in [0.05, 0.1) is 0 Å². The molecule has 15 heavy (non-hydrogen) atoms. The molecule has 0 aromatic heterocycles. The highest BCUT2D eigenvalue weighted by Gasteiger charge is 2.35. The molecule has 1 aliphatic carbocycles. The SMILES string of the molecule is CC1(C)C=CC(C=O)C(N2CCCC2)C1. The first-order chi connectivity index (χ1) is 7.12. The van der Waals surface area contributed by atoms with Crippen molar-refractivity contribution >= 4 is 6.29 Å². The Morgan fingerprint density at radius 1 is 1.33 bits per heavy atom. The van der Waals surface area contributed by atoms with Gasteiger partial charge in [0.25, 0.3) is 0 Å². The zero-order valence-corrected chi connectivity index (χ0v) is 9.78. The Kier molecular flexibility index (Phi) is 2.96. The van der Waals surface area contributed by atoms with E-state index in [1.54, 1.807) is 0 Å². The molecule has 2 unspecified atom stereocenters. The first-order valence-corrected chi connectivity index (χ1v) is 6.01. The predicted molar refractivity (Wildman–Crippen MR) is 61.7 cm³/mol. The summed E-state index contributed by atoms with van der Waals surface area (Å²) in [5, 5.41) is 0. The maximum atomic E-state index is 11.1. The van der Waals surface area contributed by atoms with Crippen LogP contribution in [0.4, 0.5) is 0 Å². The number of nitrogens with zero attached hydrogens (tertiary/aromatic N) is 1. The largest absolute Gasteiger partial charge is 0.303 e. The average Bonchev–Trinajstić information content (AvgIpc) is 2.69. The van der Waals surface area contributed by atoms with Crippen molar-refractivity contribution in [3.8, 4) is 0 Å². The monoisotopic (exact) mass is 207 g/mol. The number of carbonyl (C=O) groups excluding carboxylic acids is 1. The van der Waals surface area contributed by atoms with E-state index >= 15 is 0 Å². The maximum Gasteiger partial charge on any atom is 0.128 e. The highest BCUT2D eigenvalue weighted by molar-refractivity contribution is 5.58. The van der Waals surface area contributed by atoms with Crippen LogP contribution in [-0.2, 0) is 4.79 Å². The Morgan fingerprint density at radius 2 is 2.00 bits per heavy atom. The van der Waals surface area contributed by atoms with Crippen molar-refractivity contribution < 1.29 is 4.79 Å². The molecule has 84 valence electrons. The topological polar surface area (TPSA) is 20.3 Å². The molecule has 2 aliphatic rings. The van der Waals surface area contributed by atoms with Gasteiger partial charge in [0.15, 0.2) is 0 Å². The number of aldehydes is 1. The maximum absolute atomic E-state index is 11.1. The summed E-state index contributed by atoms with van der Waals surface area (Å²) in [6, 6.07) is 0.449. The van der Waals surface area contributed by atoms with Crippen molar-refractivity contribution in [2.24, 2.45) is 11.3 Å². The summed E-state index contributed by atoms with van der Waals surface area (Å²) in [4.78, 5) is 13.6. The third kappa shape index (κ3) is 2.31. The van der Waals surface area contributed by atoms with Crippen molar-refractivity contribution in [2.45, 2.75) is 39.2 Å². The van der Waals surface area contributed by atoms with Crippen LogP contribution in [0.25, 0.3) is 0 Å². The molecule has 1 heterocycles. The van der Waals surface area contributed by atoms with Gasteiger partial charge in [0, 0.05) is 12.0 Å². The van der Waals surface area contributed by atoms with E-state index in [2.05, 4.69) is 30.9 Å². The molecule has 2 heteroatoms. The van der Waals surface area contributed by atoms with E-state index in [4.69, 9.17) is 0 Å². The third-order valence-electron chi connectivity index (χ3n) is 3.72. The third-order valence-corrected chi connectivity index (χ3v) is 3.72. The van der Waals surface area contributed by atoms with Crippen LogP contribution in [0, 0.1) is 11.3 Å². The Morgan fingerprint density at radius 3 is 2.60 bits per heavy atom. The van der Waals surface area contributed by atoms with Gasteiger partial charge in [0.1, 0.15) is 6.29 Å². The lowest BCUT2D eigenvalue weighted by Gasteiger charge is -2.39. The molecule has 1 aliphatic heterocycles. The van der Waals surface area contributed by atoms with Gasteiger partial charge in [-0.2, -0.15) is 0 Å². The molecule has 0 saturated carbocycles. The van der Waals surface area contributed by atoms with Crippen LogP contribution in [0.15, 0.2) is 12.2 Å². The Hall–Kier alpha value is -0.630. The van der Waals surface area contributed by atoms with E-state index in [-0.39, 0.29) is 11.3 Å². The lowest BCUT2D eigenvalue weighted by Crippen LogP contribution is -2.43. The molecule has 2 atom stereocenters. The molecule has 0 bridgehead atoms. The molecule has 0 spiro atoms. The van der Waals surface area contributed by atoms with Crippen LogP contribution in [0.3, 0.4) is 0 Å². The van der Waals surface area contributed by atoms with Crippen LogP contribution in [0.5, 0.6) is 0 Å². The Labute approximate surface area is 92.3 Å². The molecule has 0 N–H and O–H groups in total. The minimum Gasteiger partial charge on any atom is -0.303 e. The van der Waals surface area contributed by atoms with E-state index in [1.807, 2.05) is 0 Å². The van der Waals surface area contributed by atoms with Crippen molar-refractivity contribution in [1.29, 1.82) is 0 Å². The minimum atomic E-state index is 0.121. The van der Waals surface area contributed by atoms with Crippen LogP contribution in [0.1, 0.15) is 33.1 Å². The van der Waals surface area contributed by atoms with E-state index in [0.29, 0.717) is 6.04 Å². The highest BCUT2D eigenvalue weighted by Crippen LogP contribution is 2.35. The molecule has 2 rings (SSSR count). The first-order valence-electron chi connectivity index (χ1n) is 6.01. The highest BCUT2D eigenvalue weighted by atomic mass is 16.1. The van der Waals surface area contributed by atoms with Gasteiger partial charge < -0.3 is 4.79 Å². The predicted octanol–water partition coefficient (Wildman–Crippen LogP) is 2.25. The fraction of sp³-hybridized carbons (Fsp3) is 0.769. The zero-order chi connectivity index (χ0) is 10.9. The number of allylic oxidation sites excluding steroid dienone is 1. The lowest BCUT2D eigenvalue weighted by molar-refractivity contribution is -0.112. The number of hydrogen-bond donors (Lipinski definition) is 0. The molecule has 0 aromatic rings. The van der Waals surface area contributed by atoms with Crippen LogP contribution >= 0.6 is 0 Å². The lowest BCUT2D eigenvalue weighted by atomic mass is 9.75. The number of carbonyl (C=O) groups is 1. The molecule has 1 saturated heterocycles. The second-order valence-electron chi connectivity index (χ2n) is 5.58. The first kappa shape index (κ1) is 10.9. The normalized spacial score (nSPS) is 35.6.